The van der Waals surface area contributed by atoms with Gasteiger partial charge in [0.25, 0.3) is 0 Å². The van der Waals surface area contributed by atoms with E-state index in [4.69, 9.17) is 0 Å². The van der Waals surface area contributed by atoms with Crippen LogP contribution in [0, 0.1) is 5.92 Å². The summed E-state index contributed by atoms with van der Waals surface area (Å²) in [5.41, 5.74) is 1.05. The largest absolute Gasteiger partial charge is 0.392 e. The lowest BCUT2D eigenvalue weighted by Gasteiger charge is -2.44. The van der Waals surface area contributed by atoms with Gasteiger partial charge < -0.3 is 14.9 Å². The van der Waals surface area contributed by atoms with Gasteiger partial charge in [-0.15, -0.1) is 11.8 Å². The first-order valence-corrected chi connectivity index (χ1v) is 12.3. The molecule has 0 aromatic carbocycles. The Morgan fingerprint density at radius 2 is 2.04 bits per heavy atom. The standard InChI is InChI=1S/C20H31N3O3S2/c1-3-15(24)17-18(26)23-13(2)20(28-19(17)23)27-14-7-10-21(11-14)12-16(25)22-8-5-4-6-9-22/h14-15,17,19,24H,3-12H2,1-2H3/t14-,15-,17+,19+/m0/s1. The molecule has 0 aromatic heterocycles. The van der Waals surface area contributed by atoms with Crippen molar-refractivity contribution in [3.05, 3.63) is 9.93 Å². The molecule has 3 fully saturated rings. The molecule has 0 radical (unpaired) electrons. The van der Waals surface area contributed by atoms with Crippen molar-refractivity contribution < 1.29 is 14.7 Å². The molecule has 0 spiro atoms. The Hall–Kier alpha value is -0.700. The van der Waals surface area contributed by atoms with Gasteiger partial charge in [-0.25, -0.2) is 0 Å². The maximum absolute atomic E-state index is 12.5. The average molecular weight is 426 g/mol. The van der Waals surface area contributed by atoms with Crippen molar-refractivity contribution >= 4 is 35.3 Å². The molecular weight excluding hydrogens is 394 g/mol. The van der Waals surface area contributed by atoms with Gasteiger partial charge in [0, 0.05) is 30.6 Å². The summed E-state index contributed by atoms with van der Waals surface area (Å²) >= 11 is 3.60. The second kappa shape index (κ2) is 8.58. The second-order valence-corrected chi connectivity index (χ2v) is 11.0. The molecule has 0 aliphatic carbocycles. The Bertz CT molecular complexity index is 665. The molecule has 0 bridgehead atoms. The van der Waals surface area contributed by atoms with E-state index in [2.05, 4.69) is 4.90 Å². The minimum Gasteiger partial charge on any atom is -0.392 e. The summed E-state index contributed by atoms with van der Waals surface area (Å²) < 4.78 is 1.22. The Labute approximate surface area is 176 Å². The third kappa shape index (κ3) is 3.85. The van der Waals surface area contributed by atoms with Gasteiger partial charge in [0.2, 0.25) is 11.8 Å². The number of carbonyl (C=O) groups excluding carboxylic acids is 2. The third-order valence-electron chi connectivity index (χ3n) is 6.37. The summed E-state index contributed by atoms with van der Waals surface area (Å²) in [6, 6.07) is 0. The number of allylic oxidation sites excluding steroid dienone is 1. The first-order valence-electron chi connectivity index (χ1n) is 10.5. The number of hydrogen-bond acceptors (Lipinski definition) is 6. The number of hydrogen-bond donors (Lipinski definition) is 1. The van der Waals surface area contributed by atoms with Crippen LogP contribution in [0.25, 0.3) is 0 Å². The van der Waals surface area contributed by atoms with Gasteiger partial charge in [-0.05, 0) is 45.6 Å². The summed E-state index contributed by atoms with van der Waals surface area (Å²) in [7, 11) is 0. The molecule has 28 heavy (non-hydrogen) atoms. The zero-order chi connectivity index (χ0) is 19.8. The zero-order valence-electron chi connectivity index (χ0n) is 16.8. The Morgan fingerprint density at radius 1 is 1.29 bits per heavy atom. The molecular formula is C20H31N3O3S2. The lowest BCUT2D eigenvalue weighted by Crippen LogP contribution is -2.60. The van der Waals surface area contributed by atoms with E-state index in [-0.39, 0.29) is 23.1 Å². The van der Waals surface area contributed by atoms with Gasteiger partial charge in [-0.3, -0.25) is 14.5 Å². The second-order valence-electron chi connectivity index (χ2n) is 8.30. The van der Waals surface area contributed by atoms with Crippen LogP contribution in [0.5, 0.6) is 0 Å². The van der Waals surface area contributed by atoms with E-state index in [1.54, 1.807) is 11.8 Å². The predicted molar refractivity (Wildman–Crippen MR) is 114 cm³/mol. The average Bonchev–Trinajstić information content (AvgIpc) is 3.24. The van der Waals surface area contributed by atoms with Crippen LogP contribution in [0.15, 0.2) is 9.93 Å². The number of thioether (sulfide) groups is 2. The van der Waals surface area contributed by atoms with Crippen molar-refractivity contribution in [1.82, 2.24) is 14.7 Å². The number of rotatable bonds is 6. The van der Waals surface area contributed by atoms with E-state index in [9.17, 15) is 14.7 Å². The molecule has 4 aliphatic rings. The highest BCUT2D eigenvalue weighted by Crippen LogP contribution is 2.55. The Balaban J connectivity index is 1.28. The minimum absolute atomic E-state index is 0.0696. The summed E-state index contributed by atoms with van der Waals surface area (Å²) in [6.07, 6.45) is 4.68. The van der Waals surface area contributed by atoms with E-state index in [0.717, 1.165) is 51.1 Å². The van der Waals surface area contributed by atoms with Crippen LogP contribution in [-0.2, 0) is 9.59 Å². The molecule has 156 valence electrons. The lowest BCUT2D eigenvalue weighted by atomic mass is 9.90. The van der Waals surface area contributed by atoms with Crippen molar-refractivity contribution in [2.75, 3.05) is 32.7 Å². The van der Waals surface area contributed by atoms with Crippen molar-refractivity contribution in [1.29, 1.82) is 0 Å². The number of aliphatic hydroxyl groups excluding tert-OH is 1. The topological polar surface area (TPSA) is 64.1 Å². The monoisotopic (exact) mass is 425 g/mol. The van der Waals surface area contributed by atoms with Crippen molar-refractivity contribution in [2.45, 2.75) is 62.7 Å². The molecule has 3 saturated heterocycles. The van der Waals surface area contributed by atoms with Gasteiger partial charge in [0.15, 0.2) is 0 Å². The van der Waals surface area contributed by atoms with Crippen LogP contribution in [0.2, 0.25) is 0 Å². The molecule has 8 heteroatoms. The Morgan fingerprint density at radius 3 is 2.75 bits per heavy atom. The summed E-state index contributed by atoms with van der Waals surface area (Å²) in [5.74, 6) is 0.0903. The van der Waals surface area contributed by atoms with Crippen LogP contribution in [0.4, 0.5) is 0 Å². The summed E-state index contributed by atoms with van der Waals surface area (Å²) in [6.45, 7) is 8.23. The van der Waals surface area contributed by atoms with E-state index in [0.29, 0.717) is 18.2 Å². The molecule has 1 N–H and O–H groups in total. The van der Waals surface area contributed by atoms with Gasteiger partial charge in [0.1, 0.15) is 5.37 Å². The fourth-order valence-corrected chi connectivity index (χ4v) is 7.91. The van der Waals surface area contributed by atoms with E-state index in [1.165, 1.54) is 10.7 Å². The van der Waals surface area contributed by atoms with Crippen molar-refractivity contribution in [2.24, 2.45) is 5.92 Å². The number of amides is 2. The number of carbonyl (C=O) groups is 2. The first-order chi connectivity index (χ1) is 13.5. The van der Waals surface area contributed by atoms with Gasteiger partial charge in [0.05, 0.1) is 22.8 Å². The smallest absolute Gasteiger partial charge is 0.236 e. The van der Waals surface area contributed by atoms with Gasteiger partial charge in [-0.2, -0.15) is 0 Å². The fraction of sp³-hybridized carbons (Fsp3) is 0.800. The number of β-lactam (4-membered cyclic amide) rings is 1. The SMILES string of the molecule is CC[C@H](O)[C@@H]1C(=O)N2C(C)=C(S[C@H]3CCN(CC(=O)N4CCCCC4)C3)S[C@H]12. The highest BCUT2D eigenvalue weighted by molar-refractivity contribution is 8.23. The summed E-state index contributed by atoms with van der Waals surface area (Å²) in [4.78, 5) is 31.1. The fourth-order valence-electron chi connectivity index (χ4n) is 4.61. The van der Waals surface area contributed by atoms with Crippen molar-refractivity contribution in [3.8, 4) is 0 Å². The molecule has 0 aromatic rings. The van der Waals surface area contributed by atoms with E-state index >= 15 is 0 Å². The summed E-state index contributed by atoms with van der Waals surface area (Å²) in [5, 5.41) is 10.7. The number of aliphatic hydroxyl groups is 1. The Kier molecular flexibility index (Phi) is 6.30. The van der Waals surface area contributed by atoms with Crippen LogP contribution < -0.4 is 0 Å². The van der Waals surface area contributed by atoms with E-state index < -0.39 is 6.10 Å². The highest BCUT2D eigenvalue weighted by Gasteiger charge is 2.55. The molecule has 2 amide bonds. The van der Waals surface area contributed by atoms with Crippen LogP contribution >= 0.6 is 23.5 Å². The van der Waals surface area contributed by atoms with Crippen LogP contribution in [0.3, 0.4) is 0 Å². The van der Waals surface area contributed by atoms with Crippen LogP contribution in [-0.4, -0.2) is 81.1 Å². The maximum atomic E-state index is 12.5. The van der Waals surface area contributed by atoms with Gasteiger partial charge in [-0.1, -0.05) is 18.7 Å². The maximum Gasteiger partial charge on any atom is 0.236 e. The molecule has 4 heterocycles. The third-order valence-corrected chi connectivity index (χ3v) is 9.43. The van der Waals surface area contributed by atoms with E-state index in [1.807, 2.05) is 35.4 Å². The molecule has 0 unspecified atom stereocenters. The molecule has 4 aliphatic heterocycles. The molecule has 6 nitrogen and oxygen atoms in total. The normalized spacial score (nSPS) is 32.0. The number of piperidine rings is 1. The minimum atomic E-state index is -0.541. The quantitative estimate of drug-likeness (QED) is 0.659. The number of fused-ring (bicyclic) bond motifs is 1. The van der Waals surface area contributed by atoms with Crippen LogP contribution in [0.1, 0.15) is 46.0 Å². The predicted octanol–water partition coefficient (Wildman–Crippen LogP) is 2.30. The zero-order valence-corrected chi connectivity index (χ0v) is 18.4. The highest BCUT2D eigenvalue weighted by atomic mass is 32.2. The molecule has 0 saturated carbocycles. The lowest BCUT2D eigenvalue weighted by molar-refractivity contribution is -0.153. The van der Waals surface area contributed by atoms with Gasteiger partial charge >= 0.3 is 0 Å². The molecule has 4 atom stereocenters. The first kappa shape index (κ1) is 20.6. The molecule has 4 rings (SSSR count). The number of likely N-dealkylation sites (tertiary alicyclic amines) is 2. The number of nitrogens with zero attached hydrogens (tertiary/aromatic N) is 3. The van der Waals surface area contributed by atoms with Crippen molar-refractivity contribution in [3.63, 3.8) is 0 Å².